The third kappa shape index (κ3) is 1.57. The Morgan fingerprint density at radius 1 is 1.23 bits per heavy atom. The van der Waals surface area contributed by atoms with E-state index in [-0.39, 0.29) is 0 Å². The monoisotopic (exact) mass is 175 g/mol. The van der Waals surface area contributed by atoms with E-state index in [4.69, 9.17) is 4.42 Å². The van der Waals surface area contributed by atoms with Crippen molar-refractivity contribution < 1.29 is 4.42 Å². The molecule has 0 fully saturated rings. The van der Waals surface area contributed by atoms with Crippen LogP contribution >= 0.6 is 0 Å². The van der Waals surface area contributed by atoms with Gasteiger partial charge in [0.2, 0.25) is 0 Å². The SMILES string of the molecule is CC1=Cc2oc(C)nc2CC(C)=C1. The summed E-state index contributed by atoms with van der Waals surface area (Å²) in [5, 5.41) is 0. The summed E-state index contributed by atoms with van der Waals surface area (Å²) in [5.74, 6) is 1.67. The first-order chi connectivity index (χ1) is 6.15. The maximum atomic E-state index is 5.48. The number of hydrogen-bond donors (Lipinski definition) is 0. The smallest absolute Gasteiger partial charge is 0.192 e. The summed E-state index contributed by atoms with van der Waals surface area (Å²) >= 11 is 0. The fraction of sp³-hybridized carbons (Fsp3) is 0.364. The van der Waals surface area contributed by atoms with Gasteiger partial charge in [-0.15, -0.1) is 0 Å². The van der Waals surface area contributed by atoms with Crippen molar-refractivity contribution in [2.45, 2.75) is 27.2 Å². The molecule has 0 bridgehead atoms. The molecule has 0 atom stereocenters. The summed E-state index contributed by atoms with van der Waals surface area (Å²) in [4.78, 5) is 4.34. The number of aromatic nitrogens is 1. The van der Waals surface area contributed by atoms with Gasteiger partial charge in [-0.05, 0) is 25.5 Å². The molecule has 1 heterocycles. The lowest BCUT2D eigenvalue weighted by atomic mass is 10.1. The summed E-state index contributed by atoms with van der Waals surface area (Å²) < 4.78 is 5.48. The maximum absolute atomic E-state index is 5.48. The van der Waals surface area contributed by atoms with E-state index in [1.54, 1.807) is 0 Å². The molecule has 2 nitrogen and oxygen atoms in total. The third-order valence-electron chi connectivity index (χ3n) is 2.11. The third-order valence-corrected chi connectivity index (χ3v) is 2.11. The Hall–Kier alpha value is -1.31. The van der Waals surface area contributed by atoms with E-state index in [0.29, 0.717) is 0 Å². The number of aryl methyl sites for hydroxylation is 1. The highest BCUT2D eigenvalue weighted by Crippen LogP contribution is 2.22. The molecule has 0 amide bonds. The molecule has 1 aliphatic carbocycles. The number of hydrogen-bond acceptors (Lipinski definition) is 2. The molecule has 0 spiro atoms. The van der Waals surface area contributed by atoms with Crippen LogP contribution in [0.5, 0.6) is 0 Å². The minimum atomic E-state index is 0.753. The van der Waals surface area contributed by atoms with Gasteiger partial charge >= 0.3 is 0 Å². The van der Waals surface area contributed by atoms with Gasteiger partial charge in [0.1, 0.15) is 0 Å². The van der Waals surface area contributed by atoms with Crippen LogP contribution in [0.25, 0.3) is 6.08 Å². The molecular formula is C11H13NO. The van der Waals surface area contributed by atoms with E-state index in [9.17, 15) is 0 Å². The van der Waals surface area contributed by atoms with Gasteiger partial charge in [0.05, 0.1) is 5.69 Å². The lowest BCUT2D eigenvalue weighted by Gasteiger charge is -1.93. The van der Waals surface area contributed by atoms with Crippen LogP contribution in [0.4, 0.5) is 0 Å². The van der Waals surface area contributed by atoms with Crippen LogP contribution in [-0.2, 0) is 6.42 Å². The Morgan fingerprint density at radius 2 is 2.00 bits per heavy atom. The van der Waals surface area contributed by atoms with Gasteiger partial charge in [-0.2, -0.15) is 0 Å². The van der Waals surface area contributed by atoms with Crippen molar-refractivity contribution in [1.29, 1.82) is 0 Å². The first kappa shape index (κ1) is 8.30. The van der Waals surface area contributed by atoms with E-state index in [0.717, 1.165) is 23.8 Å². The molecule has 0 aromatic carbocycles. The summed E-state index contributed by atoms with van der Waals surface area (Å²) in [7, 11) is 0. The Balaban J connectivity index is 2.53. The Morgan fingerprint density at radius 3 is 2.77 bits per heavy atom. The molecule has 0 N–H and O–H groups in total. The van der Waals surface area contributed by atoms with E-state index in [1.165, 1.54) is 11.1 Å². The first-order valence-electron chi connectivity index (χ1n) is 4.47. The molecule has 2 rings (SSSR count). The van der Waals surface area contributed by atoms with E-state index < -0.39 is 0 Å². The van der Waals surface area contributed by atoms with Gasteiger partial charge in [0, 0.05) is 13.3 Å². The molecular weight excluding hydrogens is 162 g/mol. The summed E-state index contributed by atoms with van der Waals surface area (Å²) in [6, 6.07) is 0. The van der Waals surface area contributed by atoms with E-state index in [2.05, 4.69) is 24.9 Å². The highest BCUT2D eigenvalue weighted by molar-refractivity contribution is 5.55. The molecule has 68 valence electrons. The van der Waals surface area contributed by atoms with Crippen molar-refractivity contribution in [3.8, 4) is 0 Å². The second-order valence-electron chi connectivity index (χ2n) is 3.60. The van der Waals surface area contributed by atoms with Crippen LogP contribution in [0.2, 0.25) is 0 Å². The predicted molar refractivity (Wildman–Crippen MR) is 52.4 cm³/mol. The highest BCUT2D eigenvalue weighted by Gasteiger charge is 2.11. The van der Waals surface area contributed by atoms with Gasteiger partial charge < -0.3 is 4.42 Å². The van der Waals surface area contributed by atoms with Gasteiger partial charge in [0.15, 0.2) is 11.7 Å². The van der Waals surface area contributed by atoms with Crippen molar-refractivity contribution in [3.63, 3.8) is 0 Å². The van der Waals surface area contributed by atoms with E-state index >= 15 is 0 Å². The Bertz CT molecular complexity index is 396. The average molecular weight is 175 g/mol. The van der Waals surface area contributed by atoms with Gasteiger partial charge in [-0.3, -0.25) is 0 Å². The second-order valence-corrected chi connectivity index (χ2v) is 3.60. The first-order valence-corrected chi connectivity index (χ1v) is 4.47. The molecule has 0 saturated carbocycles. The second kappa shape index (κ2) is 2.87. The van der Waals surface area contributed by atoms with Crippen molar-refractivity contribution in [3.05, 3.63) is 34.6 Å². The van der Waals surface area contributed by atoms with Gasteiger partial charge in [0.25, 0.3) is 0 Å². The van der Waals surface area contributed by atoms with Crippen molar-refractivity contribution in [1.82, 2.24) is 4.98 Å². The highest BCUT2D eigenvalue weighted by atomic mass is 16.4. The molecule has 1 aromatic heterocycles. The van der Waals surface area contributed by atoms with Crippen LogP contribution in [-0.4, -0.2) is 4.98 Å². The quantitative estimate of drug-likeness (QED) is 0.606. The summed E-state index contributed by atoms with van der Waals surface area (Å²) in [5.41, 5.74) is 3.62. The number of fused-ring (bicyclic) bond motifs is 1. The van der Waals surface area contributed by atoms with Gasteiger partial charge in [-0.1, -0.05) is 11.6 Å². The van der Waals surface area contributed by atoms with Crippen molar-refractivity contribution >= 4 is 6.08 Å². The average Bonchev–Trinajstić information content (AvgIpc) is 2.24. The molecule has 13 heavy (non-hydrogen) atoms. The van der Waals surface area contributed by atoms with Crippen LogP contribution in [0.15, 0.2) is 21.6 Å². The van der Waals surface area contributed by atoms with E-state index in [1.807, 2.05) is 13.0 Å². The van der Waals surface area contributed by atoms with Crippen LogP contribution < -0.4 is 0 Å². The van der Waals surface area contributed by atoms with Crippen molar-refractivity contribution in [2.24, 2.45) is 0 Å². The fourth-order valence-corrected chi connectivity index (χ4v) is 1.68. The maximum Gasteiger partial charge on any atom is 0.192 e. The van der Waals surface area contributed by atoms with Crippen LogP contribution in [0.3, 0.4) is 0 Å². The minimum Gasteiger partial charge on any atom is -0.441 e. The largest absolute Gasteiger partial charge is 0.441 e. The predicted octanol–water partition coefficient (Wildman–Crippen LogP) is 2.89. The normalized spacial score (nSPS) is 15.9. The molecule has 2 heteroatoms. The zero-order valence-electron chi connectivity index (χ0n) is 8.22. The van der Waals surface area contributed by atoms with Gasteiger partial charge in [-0.25, -0.2) is 4.98 Å². The van der Waals surface area contributed by atoms with Crippen LogP contribution in [0, 0.1) is 6.92 Å². The van der Waals surface area contributed by atoms with Crippen LogP contribution in [0.1, 0.15) is 31.2 Å². The Kier molecular flexibility index (Phi) is 1.83. The zero-order chi connectivity index (χ0) is 9.42. The number of oxazole rings is 1. The fourth-order valence-electron chi connectivity index (χ4n) is 1.68. The standard InChI is InChI=1S/C11H13NO/c1-7-4-8(2)6-11-10(5-7)12-9(3)13-11/h4,6H,5H2,1-3H3. The number of rotatable bonds is 0. The number of nitrogens with zero attached hydrogens (tertiary/aromatic N) is 1. The summed E-state index contributed by atoms with van der Waals surface area (Å²) in [6.45, 7) is 6.09. The minimum absolute atomic E-state index is 0.753. The molecule has 0 aliphatic heterocycles. The lowest BCUT2D eigenvalue weighted by Crippen LogP contribution is -1.87. The molecule has 0 radical (unpaired) electrons. The molecule has 0 saturated heterocycles. The molecule has 1 aliphatic rings. The Labute approximate surface area is 78.0 Å². The molecule has 0 unspecified atom stereocenters. The topological polar surface area (TPSA) is 26.0 Å². The molecule has 1 aromatic rings. The number of allylic oxidation sites excluding steroid dienone is 3. The lowest BCUT2D eigenvalue weighted by molar-refractivity contribution is 0.512. The zero-order valence-corrected chi connectivity index (χ0v) is 8.22. The van der Waals surface area contributed by atoms with Crippen molar-refractivity contribution in [2.75, 3.05) is 0 Å². The summed E-state index contributed by atoms with van der Waals surface area (Å²) in [6.07, 6.45) is 5.12.